The number of hydrogen-bond acceptors (Lipinski definition) is 8. The normalized spacial score (nSPS) is 14.9. The maximum absolute atomic E-state index is 12.7. The minimum Gasteiger partial charge on any atom is -0.481 e. The van der Waals surface area contributed by atoms with Gasteiger partial charge in [-0.25, -0.2) is 4.79 Å². The summed E-state index contributed by atoms with van der Waals surface area (Å²) in [4.78, 5) is 71.1. The van der Waals surface area contributed by atoms with Crippen molar-refractivity contribution in [3.8, 4) is 0 Å². The molecule has 0 aliphatic rings. The second-order valence-electron chi connectivity index (χ2n) is 7.75. The van der Waals surface area contributed by atoms with Gasteiger partial charge in [0.15, 0.2) is 0 Å². The summed E-state index contributed by atoms with van der Waals surface area (Å²) in [5, 5.41) is 34.4. The van der Waals surface area contributed by atoms with E-state index in [0.717, 1.165) is 5.56 Å². The van der Waals surface area contributed by atoms with Crippen molar-refractivity contribution in [1.29, 1.82) is 0 Å². The molecule has 1 aromatic carbocycles. The number of rotatable bonds is 14. The molecule has 5 unspecified atom stereocenters. The summed E-state index contributed by atoms with van der Waals surface area (Å²) in [5.41, 5.74) is 11.6. The van der Waals surface area contributed by atoms with Crippen LogP contribution in [0.4, 0.5) is 0 Å². The first-order valence-electron chi connectivity index (χ1n) is 10.4. The average molecular weight is 495 g/mol. The van der Waals surface area contributed by atoms with Gasteiger partial charge in [0.1, 0.15) is 18.1 Å². The highest BCUT2D eigenvalue weighted by Gasteiger charge is 2.33. The number of hydrogen-bond donors (Lipinski definition) is 8. The number of nitrogens with one attached hydrogen (secondary N) is 3. The Morgan fingerprint density at radius 1 is 0.857 bits per heavy atom. The zero-order chi connectivity index (χ0) is 26.7. The van der Waals surface area contributed by atoms with Crippen LogP contribution in [0.3, 0.4) is 0 Å². The quantitative estimate of drug-likeness (QED) is 0.128. The minimum atomic E-state index is -1.80. The highest BCUT2D eigenvalue weighted by atomic mass is 16.4. The number of aliphatic hydroxyl groups excluding tert-OH is 1. The summed E-state index contributed by atoms with van der Waals surface area (Å²) in [6.07, 6.45) is -3.09. The third-order valence-electron chi connectivity index (χ3n) is 4.73. The van der Waals surface area contributed by atoms with Crippen LogP contribution >= 0.6 is 0 Å². The molecule has 0 fully saturated rings. The Hall–Kier alpha value is -4.04. The molecule has 0 heterocycles. The third kappa shape index (κ3) is 10.2. The van der Waals surface area contributed by atoms with E-state index >= 15 is 0 Å². The number of aliphatic carboxylic acids is 2. The largest absolute Gasteiger partial charge is 0.481 e. The fourth-order valence-electron chi connectivity index (χ4n) is 2.95. The van der Waals surface area contributed by atoms with Crippen LogP contribution in [0.1, 0.15) is 25.3 Å². The molecule has 0 aliphatic carbocycles. The van der Waals surface area contributed by atoms with Crippen molar-refractivity contribution in [2.75, 3.05) is 0 Å². The number of carbonyl (C=O) groups is 6. The Balaban J connectivity index is 2.93. The second-order valence-corrected chi connectivity index (χ2v) is 7.75. The third-order valence-corrected chi connectivity index (χ3v) is 4.73. The van der Waals surface area contributed by atoms with Crippen LogP contribution in [0.2, 0.25) is 0 Å². The van der Waals surface area contributed by atoms with Gasteiger partial charge in [-0.1, -0.05) is 30.3 Å². The van der Waals surface area contributed by atoms with Gasteiger partial charge in [-0.3, -0.25) is 24.0 Å². The van der Waals surface area contributed by atoms with Crippen LogP contribution in [0.15, 0.2) is 30.3 Å². The maximum Gasteiger partial charge on any atom is 0.326 e. The van der Waals surface area contributed by atoms with E-state index in [2.05, 4.69) is 10.6 Å². The van der Waals surface area contributed by atoms with E-state index in [9.17, 15) is 33.9 Å². The van der Waals surface area contributed by atoms with Gasteiger partial charge in [0.2, 0.25) is 23.6 Å². The van der Waals surface area contributed by atoms with Gasteiger partial charge in [-0.05, 0) is 18.9 Å². The molecular formula is C21H29N5O9. The lowest BCUT2D eigenvalue weighted by atomic mass is 10.0. The van der Waals surface area contributed by atoms with E-state index in [1.54, 1.807) is 30.3 Å². The number of primary amides is 1. The molecule has 0 bridgehead atoms. The molecule has 192 valence electrons. The highest BCUT2D eigenvalue weighted by Crippen LogP contribution is 2.04. The monoisotopic (exact) mass is 495 g/mol. The first kappa shape index (κ1) is 29.0. The number of amides is 4. The number of aliphatic hydroxyl groups is 1. The molecule has 10 N–H and O–H groups in total. The average Bonchev–Trinajstić information content (AvgIpc) is 2.75. The minimum absolute atomic E-state index is 0.126. The van der Waals surface area contributed by atoms with E-state index in [0.29, 0.717) is 0 Å². The zero-order valence-corrected chi connectivity index (χ0v) is 18.8. The molecule has 0 radical (unpaired) electrons. The topological polar surface area (TPSA) is 251 Å². The number of benzene rings is 1. The van der Waals surface area contributed by atoms with Crippen LogP contribution in [0, 0.1) is 0 Å². The molecule has 1 aromatic rings. The number of carboxylic acid groups (broad SMARTS) is 2. The van der Waals surface area contributed by atoms with Crippen molar-refractivity contribution in [2.24, 2.45) is 11.5 Å². The second kappa shape index (κ2) is 13.6. The molecule has 4 amide bonds. The summed E-state index contributed by atoms with van der Waals surface area (Å²) >= 11 is 0. The Morgan fingerprint density at radius 2 is 1.43 bits per heavy atom. The fourth-order valence-corrected chi connectivity index (χ4v) is 2.95. The maximum atomic E-state index is 12.7. The SMILES string of the molecule is CC(O)C(NC(=O)C(N)Cc1ccccc1)C(=O)NC(CC(=O)O)C(=O)NC(CC(N)=O)C(=O)O. The van der Waals surface area contributed by atoms with Crippen molar-refractivity contribution in [2.45, 2.75) is 56.5 Å². The Labute approximate surface area is 200 Å². The molecule has 0 aromatic heterocycles. The first-order chi connectivity index (χ1) is 16.3. The van der Waals surface area contributed by atoms with Crippen LogP contribution in [-0.2, 0) is 35.2 Å². The van der Waals surface area contributed by atoms with Crippen LogP contribution < -0.4 is 27.4 Å². The molecule has 35 heavy (non-hydrogen) atoms. The lowest BCUT2D eigenvalue weighted by Gasteiger charge is -2.25. The Bertz CT molecular complexity index is 938. The standard InChI is InChI=1S/C21H29N5O9/c1-10(27)17(26-18(31)12(22)7-11-5-3-2-4-6-11)20(33)24-13(9-16(29)30)19(32)25-14(21(34)35)8-15(23)28/h2-6,10,12-14,17,27H,7-9,22H2,1H3,(H2,23,28)(H,24,33)(H,25,32)(H,26,31)(H,29,30)(H,34,35). The number of nitrogens with two attached hydrogens (primary N) is 2. The predicted octanol–water partition coefficient (Wildman–Crippen LogP) is -3.17. The van der Waals surface area contributed by atoms with E-state index in [1.807, 2.05) is 5.32 Å². The molecule has 5 atom stereocenters. The van der Waals surface area contributed by atoms with Crippen molar-refractivity contribution in [3.05, 3.63) is 35.9 Å². The Kier molecular flexibility index (Phi) is 11.3. The van der Waals surface area contributed by atoms with Gasteiger partial charge in [0, 0.05) is 0 Å². The van der Waals surface area contributed by atoms with Crippen molar-refractivity contribution >= 4 is 35.6 Å². The molecule has 0 aliphatic heterocycles. The van der Waals surface area contributed by atoms with Gasteiger partial charge in [0.05, 0.1) is 25.0 Å². The zero-order valence-electron chi connectivity index (χ0n) is 18.8. The van der Waals surface area contributed by atoms with E-state index in [4.69, 9.17) is 21.7 Å². The molecule has 14 nitrogen and oxygen atoms in total. The van der Waals surface area contributed by atoms with Crippen molar-refractivity contribution in [1.82, 2.24) is 16.0 Å². The fraction of sp³-hybridized carbons (Fsp3) is 0.429. The molecule has 0 saturated carbocycles. The number of carbonyl (C=O) groups excluding carboxylic acids is 4. The van der Waals surface area contributed by atoms with E-state index in [-0.39, 0.29) is 6.42 Å². The van der Waals surface area contributed by atoms with Gasteiger partial charge >= 0.3 is 11.9 Å². The summed E-state index contributed by atoms with van der Waals surface area (Å²) in [6, 6.07) is 2.48. The molecule has 1 rings (SSSR count). The Morgan fingerprint density at radius 3 is 1.91 bits per heavy atom. The highest BCUT2D eigenvalue weighted by molar-refractivity contribution is 5.96. The van der Waals surface area contributed by atoms with Gasteiger partial charge in [-0.2, -0.15) is 0 Å². The molecular weight excluding hydrogens is 466 g/mol. The molecule has 0 saturated heterocycles. The molecule has 0 spiro atoms. The lowest BCUT2D eigenvalue weighted by molar-refractivity contribution is -0.145. The number of carboxylic acids is 2. The van der Waals surface area contributed by atoms with Crippen LogP contribution in [0.25, 0.3) is 0 Å². The summed E-state index contributed by atoms with van der Waals surface area (Å²) < 4.78 is 0. The van der Waals surface area contributed by atoms with Crippen molar-refractivity contribution in [3.63, 3.8) is 0 Å². The van der Waals surface area contributed by atoms with E-state index in [1.165, 1.54) is 6.92 Å². The van der Waals surface area contributed by atoms with Gasteiger partial charge < -0.3 is 42.7 Å². The van der Waals surface area contributed by atoms with E-state index < -0.39 is 78.7 Å². The lowest BCUT2D eigenvalue weighted by Crippen LogP contribution is -2.60. The predicted molar refractivity (Wildman–Crippen MR) is 119 cm³/mol. The summed E-state index contributed by atoms with van der Waals surface area (Å²) in [7, 11) is 0. The smallest absolute Gasteiger partial charge is 0.326 e. The van der Waals surface area contributed by atoms with Crippen molar-refractivity contribution < 1.29 is 44.1 Å². The summed E-state index contributed by atoms with van der Waals surface area (Å²) in [6.45, 7) is 1.17. The van der Waals surface area contributed by atoms with Gasteiger partial charge in [-0.15, -0.1) is 0 Å². The van der Waals surface area contributed by atoms with Crippen LogP contribution in [-0.4, -0.2) is 81.2 Å². The molecule has 14 heteroatoms. The summed E-state index contributed by atoms with van der Waals surface area (Å²) in [5.74, 6) is -7.31. The van der Waals surface area contributed by atoms with Crippen LogP contribution in [0.5, 0.6) is 0 Å². The first-order valence-corrected chi connectivity index (χ1v) is 10.4. The van der Waals surface area contributed by atoms with Gasteiger partial charge in [0.25, 0.3) is 0 Å².